The van der Waals surface area contributed by atoms with E-state index < -0.39 is 0 Å². The number of fused-ring (bicyclic) bond motifs is 1. The van der Waals surface area contributed by atoms with Crippen LogP contribution in [0.25, 0.3) is 10.9 Å². The van der Waals surface area contributed by atoms with Crippen LogP contribution in [0.3, 0.4) is 0 Å². The first-order valence-electron chi connectivity index (χ1n) is 6.45. The molecule has 0 amide bonds. The number of nitrogens with zero attached hydrogens (tertiary/aromatic N) is 1. The second kappa shape index (κ2) is 5.89. The molecule has 0 bridgehead atoms. The van der Waals surface area contributed by atoms with Gasteiger partial charge in [0, 0.05) is 11.6 Å². The van der Waals surface area contributed by atoms with Gasteiger partial charge < -0.3 is 0 Å². The zero-order valence-electron chi connectivity index (χ0n) is 11.1. The third kappa shape index (κ3) is 2.68. The number of hydrogen-bond donors (Lipinski definition) is 2. The predicted molar refractivity (Wildman–Crippen MR) is 85.0 cm³/mol. The van der Waals surface area contributed by atoms with Crippen molar-refractivity contribution in [2.24, 2.45) is 5.84 Å². The van der Waals surface area contributed by atoms with Crippen molar-refractivity contribution in [3.63, 3.8) is 0 Å². The fraction of sp³-hybridized carbons (Fsp3) is 0.0625. The van der Waals surface area contributed by atoms with Crippen molar-refractivity contribution >= 4 is 26.8 Å². The van der Waals surface area contributed by atoms with Gasteiger partial charge in [0.25, 0.3) is 0 Å². The molecule has 1 heterocycles. The summed E-state index contributed by atoms with van der Waals surface area (Å²) < 4.78 is 14.1. The van der Waals surface area contributed by atoms with E-state index in [1.54, 1.807) is 12.3 Å². The molecule has 3 aromatic rings. The van der Waals surface area contributed by atoms with Gasteiger partial charge in [-0.1, -0.05) is 24.3 Å². The summed E-state index contributed by atoms with van der Waals surface area (Å²) in [6.45, 7) is 0. The lowest BCUT2D eigenvalue weighted by molar-refractivity contribution is 0.597. The average molecular weight is 346 g/mol. The van der Waals surface area contributed by atoms with Crippen molar-refractivity contribution in [3.8, 4) is 0 Å². The van der Waals surface area contributed by atoms with Gasteiger partial charge in [-0.2, -0.15) is 0 Å². The molecule has 3 nitrogen and oxygen atoms in total. The smallest absolute Gasteiger partial charge is 0.137 e. The van der Waals surface area contributed by atoms with E-state index in [1.165, 1.54) is 6.07 Å². The van der Waals surface area contributed by atoms with Gasteiger partial charge in [-0.05, 0) is 51.3 Å². The lowest BCUT2D eigenvalue weighted by atomic mass is 9.98. The highest BCUT2D eigenvalue weighted by Crippen LogP contribution is 2.31. The predicted octanol–water partition coefficient (Wildman–Crippen LogP) is 3.69. The average Bonchev–Trinajstić information content (AvgIpc) is 2.52. The summed E-state index contributed by atoms with van der Waals surface area (Å²) in [7, 11) is 0. The molecule has 5 heteroatoms. The van der Waals surface area contributed by atoms with Crippen molar-refractivity contribution in [2.75, 3.05) is 0 Å². The quantitative estimate of drug-likeness (QED) is 0.562. The molecule has 0 saturated heterocycles. The largest absolute Gasteiger partial charge is 0.271 e. The number of rotatable bonds is 3. The van der Waals surface area contributed by atoms with Crippen LogP contribution >= 0.6 is 15.9 Å². The maximum absolute atomic E-state index is 13.7. The number of hydrogen-bond acceptors (Lipinski definition) is 3. The summed E-state index contributed by atoms with van der Waals surface area (Å²) in [6, 6.07) is 14.4. The third-order valence-corrected chi connectivity index (χ3v) is 4.26. The molecule has 106 valence electrons. The van der Waals surface area contributed by atoms with Gasteiger partial charge in [-0.25, -0.2) is 9.82 Å². The lowest BCUT2D eigenvalue weighted by Gasteiger charge is -2.19. The van der Waals surface area contributed by atoms with E-state index in [4.69, 9.17) is 5.84 Å². The number of pyridine rings is 1. The fourth-order valence-corrected chi connectivity index (χ4v) is 2.88. The molecule has 1 aromatic heterocycles. The van der Waals surface area contributed by atoms with E-state index in [0.717, 1.165) is 22.0 Å². The summed E-state index contributed by atoms with van der Waals surface area (Å²) in [4.78, 5) is 4.29. The van der Waals surface area contributed by atoms with Crippen LogP contribution < -0.4 is 11.3 Å². The zero-order valence-corrected chi connectivity index (χ0v) is 12.6. The summed E-state index contributed by atoms with van der Waals surface area (Å²) in [6.07, 6.45) is 1.75. The lowest BCUT2D eigenvalue weighted by Crippen LogP contribution is -2.29. The minimum Gasteiger partial charge on any atom is -0.271 e. The number of nitrogens with one attached hydrogen (secondary N) is 1. The van der Waals surface area contributed by atoms with Crippen LogP contribution in [0.15, 0.2) is 59.2 Å². The Hall–Kier alpha value is -1.82. The van der Waals surface area contributed by atoms with Gasteiger partial charge >= 0.3 is 0 Å². The van der Waals surface area contributed by atoms with Crippen molar-refractivity contribution in [3.05, 3.63) is 76.1 Å². The molecule has 0 saturated carbocycles. The van der Waals surface area contributed by atoms with Gasteiger partial charge in [-0.3, -0.25) is 10.8 Å². The fourth-order valence-electron chi connectivity index (χ4n) is 2.38. The highest BCUT2D eigenvalue weighted by atomic mass is 79.9. The Morgan fingerprint density at radius 1 is 1.14 bits per heavy atom. The molecular formula is C16H13BrFN3. The highest BCUT2D eigenvalue weighted by Gasteiger charge is 2.17. The first kappa shape index (κ1) is 14.1. The van der Waals surface area contributed by atoms with E-state index in [2.05, 4.69) is 26.3 Å². The summed E-state index contributed by atoms with van der Waals surface area (Å²) in [5.74, 6) is 5.38. The monoisotopic (exact) mass is 345 g/mol. The van der Waals surface area contributed by atoms with E-state index in [9.17, 15) is 4.39 Å². The van der Waals surface area contributed by atoms with Crippen molar-refractivity contribution in [1.29, 1.82) is 0 Å². The molecule has 21 heavy (non-hydrogen) atoms. The Balaban J connectivity index is 2.11. The number of benzene rings is 2. The van der Waals surface area contributed by atoms with E-state index in [0.29, 0.717) is 4.47 Å². The van der Waals surface area contributed by atoms with Gasteiger partial charge in [-0.15, -0.1) is 0 Å². The molecule has 0 aliphatic rings. The number of hydrazine groups is 1. The highest BCUT2D eigenvalue weighted by molar-refractivity contribution is 9.10. The molecule has 3 N–H and O–H groups in total. The molecule has 0 aliphatic carbocycles. The van der Waals surface area contributed by atoms with Crippen LogP contribution in [0.1, 0.15) is 17.2 Å². The van der Waals surface area contributed by atoms with Crippen molar-refractivity contribution in [1.82, 2.24) is 10.4 Å². The molecule has 1 unspecified atom stereocenters. The number of aromatic nitrogens is 1. The van der Waals surface area contributed by atoms with Crippen LogP contribution in [0.4, 0.5) is 4.39 Å². The molecule has 0 aliphatic heterocycles. The van der Waals surface area contributed by atoms with Gasteiger partial charge in [0.1, 0.15) is 5.82 Å². The first-order valence-corrected chi connectivity index (χ1v) is 7.24. The second-order valence-corrected chi connectivity index (χ2v) is 5.49. The molecular weight excluding hydrogens is 333 g/mol. The van der Waals surface area contributed by atoms with Gasteiger partial charge in [0.2, 0.25) is 0 Å². The Kier molecular flexibility index (Phi) is 3.96. The van der Waals surface area contributed by atoms with Crippen LogP contribution in [0.5, 0.6) is 0 Å². The minimum atomic E-state index is -0.310. The summed E-state index contributed by atoms with van der Waals surface area (Å²) in [5.41, 5.74) is 5.36. The molecule has 3 rings (SSSR count). The van der Waals surface area contributed by atoms with Gasteiger partial charge in [0.05, 0.1) is 16.0 Å². The molecule has 1 atom stereocenters. The van der Waals surface area contributed by atoms with E-state index in [1.807, 2.05) is 36.4 Å². The number of halogens is 2. The number of nitrogens with two attached hydrogens (primary N) is 1. The molecule has 2 aromatic carbocycles. The van der Waals surface area contributed by atoms with E-state index >= 15 is 0 Å². The Morgan fingerprint density at radius 2 is 2.00 bits per heavy atom. The molecule has 0 fully saturated rings. The second-order valence-electron chi connectivity index (χ2n) is 4.70. The van der Waals surface area contributed by atoms with Crippen LogP contribution in [0, 0.1) is 5.82 Å². The Bertz CT molecular complexity index is 791. The minimum absolute atomic E-state index is 0.306. The topological polar surface area (TPSA) is 50.9 Å². The Morgan fingerprint density at radius 3 is 2.81 bits per heavy atom. The van der Waals surface area contributed by atoms with Crippen molar-refractivity contribution < 1.29 is 4.39 Å². The van der Waals surface area contributed by atoms with Crippen LogP contribution in [-0.2, 0) is 0 Å². The first-order chi connectivity index (χ1) is 10.2. The van der Waals surface area contributed by atoms with Crippen LogP contribution in [0.2, 0.25) is 0 Å². The third-order valence-electron chi connectivity index (χ3n) is 3.42. The summed E-state index contributed by atoms with van der Waals surface area (Å²) >= 11 is 3.29. The SMILES string of the molecule is NNC(c1ccc2ncccc2c1)c1cccc(F)c1Br. The van der Waals surface area contributed by atoms with Gasteiger partial charge in [0.15, 0.2) is 0 Å². The van der Waals surface area contributed by atoms with E-state index in [-0.39, 0.29) is 11.9 Å². The van der Waals surface area contributed by atoms with Crippen LogP contribution in [-0.4, -0.2) is 4.98 Å². The van der Waals surface area contributed by atoms with Crippen molar-refractivity contribution in [2.45, 2.75) is 6.04 Å². The maximum Gasteiger partial charge on any atom is 0.137 e. The zero-order chi connectivity index (χ0) is 14.8. The Labute approximate surface area is 130 Å². The molecule has 0 radical (unpaired) electrons. The molecule has 0 spiro atoms. The standard InChI is InChI=1S/C16H13BrFN3/c17-15-12(4-1-5-13(15)18)16(21-19)11-6-7-14-10(9-11)3-2-8-20-14/h1-9,16,21H,19H2. The normalized spacial score (nSPS) is 12.5. The maximum atomic E-state index is 13.7. The summed E-state index contributed by atoms with van der Waals surface area (Å²) in [5, 5.41) is 1.02.